The third-order valence-corrected chi connectivity index (χ3v) is 4.27. The summed E-state index contributed by atoms with van der Waals surface area (Å²) in [7, 11) is 0. The number of carbonyl (C=O) groups is 1. The molecule has 1 amide bonds. The van der Waals surface area contributed by atoms with E-state index in [1.165, 1.54) is 4.90 Å². The number of hydrogen-bond donors (Lipinski definition) is 1. The molecule has 0 atom stereocenters. The number of rotatable bonds is 2. The number of likely N-dealkylation sites (tertiary alicyclic amines) is 1. The Balaban J connectivity index is 1.50. The number of carboxylic acid groups (broad SMARTS) is 1. The number of amides is 1. The van der Waals surface area contributed by atoms with Crippen LogP contribution in [0.25, 0.3) is 0 Å². The van der Waals surface area contributed by atoms with Gasteiger partial charge in [-0.25, -0.2) is 14.8 Å². The number of hydrogen-bond acceptors (Lipinski definition) is 3. The van der Waals surface area contributed by atoms with Gasteiger partial charge in [-0.2, -0.15) is 13.2 Å². The third kappa shape index (κ3) is 2.66. The molecule has 1 aromatic heterocycles. The molecule has 21 heavy (non-hydrogen) atoms. The van der Waals surface area contributed by atoms with Crippen molar-refractivity contribution in [2.45, 2.75) is 25.4 Å². The quantitative estimate of drug-likeness (QED) is 0.911. The largest absolute Gasteiger partial charge is 0.465 e. The maximum Gasteiger partial charge on any atom is 0.419 e. The molecule has 1 N–H and O–H groups in total. The number of aromatic nitrogens is 2. The van der Waals surface area contributed by atoms with E-state index in [0.29, 0.717) is 31.3 Å². The van der Waals surface area contributed by atoms with Gasteiger partial charge in [0.2, 0.25) is 0 Å². The van der Waals surface area contributed by atoms with Crippen LogP contribution in [0, 0.1) is 11.3 Å². The second-order valence-electron chi connectivity index (χ2n) is 6.00. The van der Waals surface area contributed by atoms with Gasteiger partial charge >= 0.3 is 12.3 Å². The summed E-state index contributed by atoms with van der Waals surface area (Å²) < 4.78 is 37.2. The molecule has 2 fully saturated rings. The van der Waals surface area contributed by atoms with E-state index >= 15 is 0 Å². The zero-order valence-corrected chi connectivity index (χ0v) is 11.1. The molecule has 2 heterocycles. The van der Waals surface area contributed by atoms with Gasteiger partial charge in [-0.05, 0) is 18.8 Å². The van der Waals surface area contributed by atoms with Gasteiger partial charge in [0.25, 0.3) is 0 Å². The van der Waals surface area contributed by atoms with Crippen molar-refractivity contribution in [2.24, 2.45) is 11.3 Å². The van der Waals surface area contributed by atoms with Crippen LogP contribution in [0.3, 0.4) is 0 Å². The lowest BCUT2D eigenvalue weighted by Crippen LogP contribution is -2.63. The molecule has 1 aliphatic heterocycles. The molecule has 3 rings (SSSR count). The minimum absolute atomic E-state index is 0.0922. The highest BCUT2D eigenvalue weighted by atomic mass is 19.4. The van der Waals surface area contributed by atoms with Gasteiger partial charge in [-0.1, -0.05) is 0 Å². The van der Waals surface area contributed by atoms with E-state index in [-0.39, 0.29) is 5.41 Å². The van der Waals surface area contributed by atoms with Crippen molar-refractivity contribution in [1.82, 2.24) is 14.9 Å². The molecule has 1 spiro atoms. The molecule has 5 nitrogen and oxygen atoms in total. The van der Waals surface area contributed by atoms with Crippen LogP contribution in [-0.2, 0) is 12.6 Å². The first-order chi connectivity index (χ1) is 9.77. The molecule has 0 unspecified atom stereocenters. The van der Waals surface area contributed by atoms with Gasteiger partial charge in [0.1, 0.15) is 5.82 Å². The fourth-order valence-electron chi connectivity index (χ4n) is 3.33. The SMILES string of the molecule is O=C(O)N1CC2(CC(Cc3ncc(C(F)(F)F)cn3)C2)C1. The number of nitrogens with zero attached hydrogens (tertiary/aromatic N) is 3. The van der Waals surface area contributed by atoms with Gasteiger partial charge in [-0.3, -0.25) is 0 Å². The van der Waals surface area contributed by atoms with E-state index in [2.05, 4.69) is 9.97 Å². The molecule has 2 aliphatic rings. The highest BCUT2D eigenvalue weighted by Gasteiger charge is 2.53. The van der Waals surface area contributed by atoms with Gasteiger partial charge < -0.3 is 10.0 Å². The Kier molecular flexibility index (Phi) is 3.07. The Bertz CT molecular complexity index is 545. The van der Waals surface area contributed by atoms with Crippen LogP contribution in [0.15, 0.2) is 12.4 Å². The van der Waals surface area contributed by atoms with E-state index in [1.54, 1.807) is 0 Å². The third-order valence-electron chi connectivity index (χ3n) is 4.27. The standard InChI is InChI=1S/C13H14F3N3O2/c14-13(15,16)9-4-17-10(18-5-9)1-8-2-12(3-8)6-19(7-12)11(20)21/h4-5,8H,1-3,6-7H2,(H,20,21). The van der Waals surface area contributed by atoms with Crippen molar-refractivity contribution in [3.8, 4) is 0 Å². The Hall–Kier alpha value is -1.86. The van der Waals surface area contributed by atoms with Gasteiger partial charge in [-0.15, -0.1) is 0 Å². The second-order valence-corrected chi connectivity index (χ2v) is 6.00. The van der Waals surface area contributed by atoms with Crippen LogP contribution < -0.4 is 0 Å². The van der Waals surface area contributed by atoms with Crippen molar-refractivity contribution >= 4 is 6.09 Å². The minimum atomic E-state index is -4.41. The van der Waals surface area contributed by atoms with Crippen LogP contribution in [0.5, 0.6) is 0 Å². The summed E-state index contributed by atoms with van der Waals surface area (Å²) in [6.07, 6.45) is -1.35. The molecule has 1 aromatic rings. The van der Waals surface area contributed by atoms with Crippen LogP contribution >= 0.6 is 0 Å². The second kappa shape index (κ2) is 4.57. The first kappa shape index (κ1) is 14.1. The van der Waals surface area contributed by atoms with Gasteiger partial charge in [0.05, 0.1) is 5.56 Å². The summed E-state index contributed by atoms with van der Waals surface area (Å²) in [5.41, 5.74) is -0.748. The minimum Gasteiger partial charge on any atom is -0.465 e. The predicted molar refractivity (Wildman–Crippen MR) is 65.5 cm³/mol. The van der Waals surface area contributed by atoms with Crippen molar-refractivity contribution in [1.29, 1.82) is 0 Å². The lowest BCUT2D eigenvalue weighted by atomic mass is 9.57. The van der Waals surface area contributed by atoms with E-state index < -0.39 is 17.8 Å². The number of alkyl halides is 3. The first-order valence-corrected chi connectivity index (χ1v) is 6.63. The van der Waals surface area contributed by atoms with Crippen molar-refractivity contribution in [3.05, 3.63) is 23.8 Å². The summed E-state index contributed by atoms with van der Waals surface area (Å²) in [4.78, 5) is 19.6. The smallest absolute Gasteiger partial charge is 0.419 e. The summed E-state index contributed by atoms with van der Waals surface area (Å²) in [5, 5.41) is 8.79. The monoisotopic (exact) mass is 301 g/mol. The number of halogens is 3. The summed E-state index contributed by atoms with van der Waals surface area (Å²) in [6.45, 7) is 1.12. The normalized spacial score (nSPS) is 21.0. The molecule has 0 radical (unpaired) electrons. The molecular formula is C13H14F3N3O2. The van der Waals surface area contributed by atoms with Crippen molar-refractivity contribution < 1.29 is 23.1 Å². The zero-order chi connectivity index (χ0) is 15.3. The highest BCUT2D eigenvalue weighted by molar-refractivity contribution is 5.66. The van der Waals surface area contributed by atoms with Crippen LogP contribution in [0.2, 0.25) is 0 Å². The van der Waals surface area contributed by atoms with Crippen LogP contribution in [0.4, 0.5) is 18.0 Å². The molecule has 114 valence electrons. The Labute approximate surface area is 118 Å². The highest BCUT2D eigenvalue weighted by Crippen LogP contribution is 2.52. The Morgan fingerprint density at radius 3 is 2.38 bits per heavy atom. The first-order valence-electron chi connectivity index (χ1n) is 6.63. The predicted octanol–water partition coefficient (Wildman–Crippen LogP) is 2.43. The maximum atomic E-state index is 12.4. The van der Waals surface area contributed by atoms with Gasteiger partial charge in [0.15, 0.2) is 0 Å². The topological polar surface area (TPSA) is 66.3 Å². The lowest BCUT2D eigenvalue weighted by molar-refractivity contribution is -0.138. The van der Waals surface area contributed by atoms with Crippen molar-refractivity contribution in [3.63, 3.8) is 0 Å². The molecule has 1 aliphatic carbocycles. The summed E-state index contributed by atoms with van der Waals surface area (Å²) in [6, 6.07) is 0. The fraction of sp³-hybridized carbons (Fsp3) is 0.615. The van der Waals surface area contributed by atoms with E-state index in [0.717, 1.165) is 25.2 Å². The molecule has 1 saturated heterocycles. The lowest BCUT2D eigenvalue weighted by Gasteiger charge is -2.58. The molecule has 8 heteroatoms. The Morgan fingerprint density at radius 2 is 1.90 bits per heavy atom. The van der Waals surface area contributed by atoms with Crippen LogP contribution in [0.1, 0.15) is 24.2 Å². The molecular weight excluding hydrogens is 287 g/mol. The maximum absolute atomic E-state index is 12.4. The fourth-order valence-corrected chi connectivity index (χ4v) is 3.33. The van der Waals surface area contributed by atoms with E-state index in [9.17, 15) is 18.0 Å². The average Bonchev–Trinajstić information content (AvgIpc) is 2.29. The Morgan fingerprint density at radius 1 is 1.33 bits per heavy atom. The van der Waals surface area contributed by atoms with Crippen molar-refractivity contribution in [2.75, 3.05) is 13.1 Å². The average molecular weight is 301 g/mol. The summed E-state index contributed by atoms with van der Waals surface area (Å²) in [5.74, 6) is 0.745. The molecule has 1 saturated carbocycles. The summed E-state index contributed by atoms with van der Waals surface area (Å²) >= 11 is 0. The zero-order valence-electron chi connectivity index (χ0n) is 11.1. The molecule has 0 aromatic carbocycles. The molecule has 0 bridgehead atoms. The van der Waals surface area contributed by atoms with Crippen LogP contribution in [-0.4, -0.2) is 39.2 Å². The van der Waals surface area contributed by atoms with E-state index in [1.807, 2.05) is 0 Å². The van der Waals surface area contributed by atoms with Gasteiger partial charge in [0, 0.05) is 37.3 Å². The van der Waals surface area contributed by atoms with E-state index in [4.69, 9.17) is 5.11 Å².